The summed E-state index contributed by atoms with van der Waals surface area (Å²) in [6.07, 6.45) is 0. The summed E-state index contributed by atoms with van der Waals surface area (Å²) in [5.74, 6) is 0. The first-order chi connectivity index (χ1) is 9.40. The van der Waals surface area contributed by atoms with Crippen LogP contribution in [-0.2, 0) is 6.54 Å². The molecule has 0 aliphatic rings. The maximum Gasteiger partial charge on any atom is 0.178 e. The fourth-order valence-electron chi connectivity index (χ4n) is 2.69. The van der Waals surface area contributed by atoms with E-state index >= 15 is 0 Å². The van der Waals surface area contributed by atoms with E-state index in [2.05, 4.69) is 42.1 Å². The maximum absolute atomic E-state index is 6.02. The minimum absolute atomic E-state index is 0.531. The zero-order valence-corrected chi connectivity index (χ0v) is 14.1. The fourth-order valence-corrected chi connectivity index (χ4v) is 3.16. The third kappa shape index (κ3) is 3.25. The third-order valence-corrected chi connectivity index (χ3v) is 4.20. The van der Waals surface area contributed by atoms with Crippen LogP contribution in [0, 0.1) is 4.77 Å². The van der Waals surface area contributed by atoms with Crippen molar-refractivity contribution < 1.29 is 0 Å². The summed E-state index contributed by atoms with van der Waals surface area (Å²) < 4.78 is 2.91. The van der Waals surface area contributed by atoms with Crippen LogP contribution in [0.3, 0.4) is 0 Å². The van der Waals surface area contributed by atoms with Gasteiger partial charge in [0.25, 0.3) is 0 Å². The van der Waals surface area contributed by atoms with Crippen LogP contribution >= 0.6 is 23.8 Å². The van der Waals surface area contributed by atoms with Crippen molar-refractivity contribution in [1.29, 1.82) is 0 Å². The average molecular weight is 312 g/mol. The average Bonchev–Trinajstić information content (AvgIpc) is 2.64. The Hall–Kier alpha value is -0.840. The molecule has 0 spiro atoms. The number of fused-ring (bicyclic) bond motifs is 1. The normalized spacial score (nSPS) is 12.2. The zero-order chi connectivity index (χ0) is 14.9. The molecule has 0 saturated heterocycles. The first-order valence-electron chi connectivity index (χ1n) is 7.04. The standard InChI is InChI=1S/C15H22ClN3S/c1-10(2)18(11(3)4)7-8-19-14-6-5-12(16)9-13(14)17-15(19)20/h5-6,9-11H,7-8H2,1-4H3,(H,17,20). The lowest BCUT2D eigenvalue weighted by Gasteiger charge is -2.30. The van der Waals surface area contributed by atoms with Gasteiger partial charge in [-0.15, -0.1) is 0 Å². The first kappa shape index (κ1) is 15.5. The van der Waals surface area contributed by atoms with Gasteiger partial charge in [-0.2, -0.15) is 0 Å². The number of nitrogens with one attached hydrogen (secondary N) is 1. The molecule has 0 radical (unpaired) electrons. The molecular formula is C15H22ClN3S. The Labute approximate surface area is 130 Å². The van der Waals surface area contributed by atoms with Crippen molar-refractivity contribution >= 4 is 34.9 Å². The highest BCUT2D eigenvalue weighted by Gasteiger charge is 2.14. The molecule has 0 saturated carbocycles. The quantitative estimate of drug-likeness (QED) is 0.824. The predicted molar refractivity (Wildman–Crippen MR) is 89.1 cm³/mol. The summed E-state index contributed by atoms with van der Waals surface area (Å²) in [7, 11) is 0. The smallest absolute Gasteiger partial charge is 0.178 e. The molecular weight excluding hydrogens is 290 g/mol. The van der Waals surface area contributed by atoms with E-state index in [4.69, 9.17) is 23.8 Å². The molecule has 0 unspecified atom stereocenters. The van der Waals surface area contributed by atoms with E-state index in [1.54, 1.807) is 0 Å². The van der Waals surface area contributed by atoms with Gasteiger partial charge in [-0.1, -0.05) is 11.6 Å². The summed E-state index contributed by atoms with van der Waals surface area (Å²) in [6, 6.07) is 6.92. The molecule has 0 bridgehead atoms. The second-order valence-electron chi connectivity index (χ2n) is 5.67. The molecule has 0 aliphatic heterocycles. The number of aromatic amines is 1. The molecule has 0 amide bonds. The van der Waals surface area contributed by atoms with Gasteiger partial charge in [-0.3, -0.25) is 4.90 Å². The number of imidazole rings is 1. The molecule has 3 nitrogen and oxygen atoms in total. The largest absolute Gasteiger partial charge is 0.331 e. The van der Waals surface area contributed by atoms with Crippen LogP contribution in [0.4, 0.5) is 0 Å². The lowest BCUT2D eigenvalue weighted by Crippen LogP contribution is -2.39. The number of H-pyrrole nitrogens is 1. The Morgan fingerprint density at radius 1 is 1.25 bits per heavy atom. The lowest BCUT2D eigenvalue weighted by atomic mass is 10.2. The first-order valence-corrected chi connectivity index (χ1v) is 7.82. The predicted octanol–water partition coefficient (Wildman–Crippen LogP) is 4.47. The number of hydrogen-bond acceptors (Lipinski definition) is 2. The minimum atomic E-state index is 0.531. The van der Waals surface area contributed by atoms with Crippen LogP contribution < -0.4 is 0 Å². The van der Waals surface area contributed by atoms with Crippen molar-refractivity contribution in [2.24, 2.45) is 0 Å². The van der Waals surface area contributed by atoms with Crippen LogP contribution in [0.25, 0.3) is 11.0 Å². The monoisotopic (exact) mass is 311 g/mol. The molecule has 0 fully saturated rings. The van der Waals surface area contributed by atoms with E-state index in [0.29, 0.717) is 12.1 Å². The third-order valence-electron chi connectivity index (χ3n) is 3.64. The second-order valence-corrected chi connectivity index (χ2v) is 6.49. The molecule has 2 rings (SSSR count). The van der Waals surface area contributed by atoms with E-state index in [-0.39, 0.29) is 0 Å². The fraction of sp³-hybridized carbons (Fsp3) is 0.533. The van der Waals surface area contributed by atoms with Crippen molar-refractivity contribution in [2.75, 3.05) is 6.54 Å². The van der Waals surface area contributed by atoms with Gasteiger partial charge in [0.2, 0.25) is 0 Å². The number of nitrogens with zero attached hydrogens (tertiary/aromatic N) is 2. The zero-order valence-electron chi connectivity index (χ0n) is 12.5. The molecule has 5 heteroatoms. The van der Waals surface area contributed by atoms with Gasteiger partial charge in [-0.25, -0.2) is 0 Å². The van der Waals surface area contributed by atoms with Crippen molar-refractivity contribution in [2.45, 2.75) is 46.3 Å². The highest BCUT2D eigenvalue weighted by molar-refractivity contribution is 7.71. The van der Waals surface area contributed by atoms with Gasteiger partial charge in [0.15, 0.2) is 4.77 Å². The summed E-state index contributed by atoms with van der Waals surface area (Å²) in [6.45, 7) is 10.8. The summed E-state index contributed by atoms with van der Waals surface area (Å²) in [5.41, 5.74) is 2.12. The van der Waals surface area contributed by atoms with Gasteiger partial charge in [0.1, 0.15) is 0 Å². The van der Waals surface area contributed by atoms with E-state index < -0.39 is 0 Å². The van der Waals surface area contributed by atoms with E-state index in [1.165, 1.54) is 0 Å². The number of halogens is 1. The highest BCUT2D eigenvalue weighted by atomic mass is 35.5. The van der Waals surface area contributed by atoms with Gasteiger partial charge in [-0.05, 0) is 58.1 Å². The second kappa shape index (κ2) is 6.29. The summed E-state index contributed by atoms with van der Waals surface area (Å²) in [5, 5.41) is 0.729. The van der Waals surface area contributed by atoms with Crippen LogP contribution in [0.1, 0.15) is 27.7 Å². The SMILES string of the molecule is CC(C)N(CCn1c(=S)[nH]c2cc(Cl)ccc21)C(C)C. The van der Waals surface area contributed by atoms with Crippen molar-refractivity contribution in [1.82, 2.24) is 14.5 Å². The number of benzene rings is 1. The van der Waals surface area contributed by atoms with Crippen molar-refractivity contribution in [3.8, 4) is 0 Å². The van der Waals surface area contributed by atoms with Crippen LogP contribution in [-0.4, -0.2) is 33.1 Å². The number of aromatic nitrogens is 2. The molecule has 0 aliphatic carbocycles. The number of rotatable bonds is 5. The molecule has 20 heavy (non-hydrogen) atoms. The molecule has 1 aromatic carbocycles. The summed E-state index contributed by atoms with van der Waals surface area (Å²) >= 11 is 11.4. The maximum atomic E-state index is 6.02. The Bertz CT molecular complexity index is 634. The minimum Gasteiger partial charge on any atom is -0.331 e. The van der Waals surface area contributed by atoms with E-state index in [9.17, 15) is 0 Å². The summed E-state index contributed by atoms with van der Waals surface area (Å²) in [4.78, 5) is 5.69. The molecule has 110 valence electrons. The Morgan fingerprint density at radius 3 is 2.50 bits per heavy atom. The van der Waals surface area contributed by atoms with Crippen molar-refractivity contribution in [3.63, 3.8) is 0 Å². The Balaban J connectivity index is 2.26. The van der Waals surface area contributed by atoms with Crippen LogP contribution in [0.5, 0.6) is 0 Å². The van der Waals surface area contributed by atoms with Gasteiger partial charge in [0.05, 0.1) is 11.0 Å². The van der Waals surface area contributed by atoms with Crippen LogP contribution in [0.15, 0.2) is 18.2 Å². The lowest BCUT2D eigenvalue weighted by molar-refractivity contribution is 0.168. The number of hydrogen-bond donors (Lipinski definition) is 1. The topological polar surface area (TPSA) is 24.0 Å². The Morgan fingerprint density at radius 2 is 1.90 bits per heavy atom. The highest BCUT2D eigenvalue weighted by Crippen LogP contribution is 2.19. The molecule has 1 aromatic heterocycles. The molecule has 2 aromatic rings. The molecule has 0 atom stereocenters. The molecule has 1 heterocycles. The Kier molecular flexibility index (Phi) is 4.89. The van der Waals surface area contributed by atoms with E-state index in [0.717, 1.165) is 33.9 Å². The van der Waals surface area contributed by atoms with Crippen molar-refractivity contribution in [3.05, 3.63) is 28.0 Å². The van der Waals surface area contributed by atoms with E-state index in [1.807, 2.05) is 18.2 Å². The van der Waals surface area contributed by atoms with Gasteiger partial charge >= 0.3 is 0 Å². The van der Waals surface area contributed by atoms with Gasteiger partial charge in [0, 0.05) is 30.2 Å². The van der Waals surface area contributed by atoms with Crippen LogP contribution in [0.2, 0.25) is 5.02 Å². The van der Waals surface area contributed by atoms with Gasteiger partial charge < -0.3 is 9.55 Å². The molecule has 1 N–H and O–H groups in total.